The summed E-state index contributed by atoms with van der Waals surface area (Å²) < 4.78 is 5.36. The van der Waals surface area contributed by atoms with Gasteiger partial charge in [0.05, 0.1) is 27.5 Å². The molecule has 4 heterocycles. The standard InChI is InChI=1S/C24H25N5O3S2/c1-2-18(28-22(30)14-3-4-19-15(9-14)11-26-29-19)24-25-12-21(34-24)16-10-20(33-13-16)23(31)27-17-5-7-32-8-6-17/h3-4,9-13,17-18H,2,5-8H2,1H3,(H,26,29)(H,27,31)(H,28,30)/t18-/m1/s1. The quantitative estimate of drug-likeness (QED) is 0.349. The molecule has 0 bridgehead atoms. The van der Waals surface area contributed by atoms with Crippen LogP contribution in [0.15, 0.2) is 42.0 Å². The fourth-order valence-corrected chi connectivity index (χ4v) is 5.85. The maximum atomic E-state index is 12.9. The summed E-state index contributed by atoms with van der Waals surface area (Å²) in [6, 6.07) is 7.36. The van der Waals surface area contributed by atoms with Crippen LogP contribution in [0.5, 0.6) is 0 Å². The van der Waals surface area contributed by atoms with Gasteiger partial charge < -0.3 is 15.4 Å². The Morgan fingerprint density at radius 1 is 1.21 bits per heavy atom. The van der Waals surface area contributed by atoms with Crippen molar-refractivity contribution < 1.29 is 14.3 Å². The van der Waals surface area contributed by atoms with Crippen molar-refractivity contribution in [2.24, 2.45) is 0 Å². The lowest BCUT2D eigenvalue weighted by atomic mass is 10.1. The molecule has 0 aliphatic carbocycles. The molecule has 3 N–H and O–H groups in total. The third-order valence-electron chi connectivity index (χ3n) is 5.90. The van der Waals surface area contributed by atoms with Crippen molar-refractivity contribution in [2.45, 2.75) is 38.3 Å². The second kappa shape index (κ2) is 10.0. The van der Waals surface area contributed by atoms with E-state index in [0.29, 0.717) is 23.7 Å². The second-order valence-corrected chi connectivity index (χ2v) is 10.2. The molecule has 5 rings (SSSR count). The van der Waals surface area contributed by atoms with Crippen LogP contribution in [0.2, 0.25) is 0 Å². The Morgan fingerprint density at radius 2 is 2.06 bits per heavy atom. The Kier molecular flexibility index (Phi) is 6.70. The van der Waals surface area contributed by atoms with E-state index in [1.54, 1.807) is 12.3 Å². The minimum absolute atomic E-state index is 0.0406. The number of ether oxygens (including phenoxy) is 1. The number of thiazole rings is 1. The van der Waals surface area contributed by atoms with E-state index in [0.717, 1.165) is 45.6 Å². The average Bonchev–Trinajstić information content (AvgIpc) is 3.62. The number of aromatic nitrogens is 3. The zero-order chi connectivity index (χ0) is 23.5. The third kappa shape index (κ3) is 4.89. The van der Waals surface area contributed by atoms with Crippen molar-refractivity contribution >= 4 is 45.4 Å². The first-order chi connectivity index (χ1) is 16.6. The van der Waals surface area contributed by atoms with E-state index in [1.807, 2.05) is 36.7 Å². The lowest BCUT2D eigenvalue weighted by Crippen LogP contribution is -2.38. The number of amides is 2. The summed E-state index contributed by atoms with van der Waals surface area (Å²) in [5.74, 6) is -0.185. The van der Waals surface area contributed by atoms with Crippen LogP contribution in [0.3, 0.4) is 0 Å². The summed E-state index contributed by atoms with van der Waals surface area (Å²) in [4.78, 5) is 31.7. The Balaban J connectivity index is 1.25. The largest absolute Gasteiger partial charge is 0.381 e. The molecule has 34 heavy (non-hydrogen) atoms. The van der Waals surface area contributed by atoms with Gasteiger partial charge >= 0.3 is 0 Å². The van der Waals surface area contributed by atoms with Crippen LogP contribution in [-0.2, 0) is 4.74 Å². The van der Waals surface area contributed by atoms with Crippen LogP contribution >= 0.6 is 22.7 Å². The van der Waals surface area contributed by atoms with Gasteiger partial charge in [0.15, 0.2) is 0 Å². The number of H-pyrrole nitrogens is 1. The number of nitrogens with zero attached hydrogens (tertiary/aromatic N) is 2. The second-order valence-electron chi connectivity index (χ2n) is 8.23. The Hall–Kier alpha value is -3.08. The molecule has 10 heteroatoms. The number of hydrogen-bond donors (Lipinski definition) is 3. The molecular formula is C24H25N5O3S2. The fraction of sp³-hybridized carbons (Fsp3) is 0.333. The number of carbonyl (C=O) groups excluding carboxylic acids is 2. The highest BCUT2D eigenvalue weighted by Gasteiger charge is 2.21. The van der Waals surface area contributed by atoms with Gasteiger partial charge in [-0.05, 0) is 43.5 Å². The minimum Gasteiger partial charge on any atom is -0.381 e. The Morgan fingerprint density at radius 3 is 2.88 bits per heavy atom. The van der Waals surface area contributed by atoms with E-state index in [2.05, 4.69) is 25.8 Å². The normalized spacial score (nSPS) is 15.3. The van der Waals surface area contributed by atoms with E-state index in [-0.39, 0.29) is 23.9 Å². The van der Waals surface area contributed by atoms with Gasteiger partial charge in [0.1, 0.15) is 5.01 Å². The van der Waals surface area contributed by atoms with E-state index in [1.165, 1.54) is 22.7 Å². The first kappa shape index (κ1) is 22.7. The molecular weight excluding hydrogens is 470 g/mol. The topological polar surface area (TPSA) is 109 Å². The van der Waals surface area contributed by atoms with Crippen LogP contribution in [0.1, 0.15) is 57.3 Å². The molecule has 1 fully saturated rings. The van der Waals surface area contributed by atoms with E-state index in [4.69, 9.17) is 4.74 Å². The molecule has 1 atom stereocenters. The van der Waals surface area contributed by atoms with E-state index >= 15 is 0 Å². The highest BCUT2D eigenvalue weighted by Crippen LogP contribution is 2.33. The molecule has 4 aromatic rings. The van der Waals surface area contributed by atoms with E-state index in [9.17, 15) is 9.59 Å². The van der Waals surface area contributed by atoms with Gasteiger partial charge in [-0.2, -0.15) is 5.10 Å². The van der Waals surface area contributed by atoms with E-state index < -0.39 is 0 Å². The predicted octanol–water partition coefficient (Wildman–Crippen LogP) is 4.54. The SMILES string of the molecule is CC[C@@H](NC(=O)c1ccc2[nH]ncc2c1)c1ncc(-c2csc(C(=O)NC3CCOCC3)c2)s1. The van der Waals surface area contributed by atoms with Gasteiger partial charge in [-0.3, -0.25) is 14.7 Å². The highest BCUT2D eigenvalue weighted by molar-refractivity contribution is 7.16. The van der Waals surface area contributed by atoms with Gasteiger partial charge in [0.25, 0.3) is 11.8 Å². The van der Waals surface area contributed by atoms with Crippen LogP contribution in [0.25, 0.3) is 21.3 Å². The zero-order valence-electron chi connectivity index (χ0n) is 18.7. The van der Waals surface area contributed by atoms with Crippen LogP contribution in [0, 0.1) is 0 Å². The number of aromatic amines is 1. The predicted molar refractivity (Wildman–Crippen MR) is 133 cm³/mol. The van der Waals surface area contributed by atoms with Crippen LogP contribution < -0.4 is 10.6 Å². The van der Waals surface area contributed by atoms with Crippen molar-refractivity contribution in [3.8, 4) is 10.4 Å². The van der Waals surface area contributed by atoms with Gasteiger partial charge in [0.2, 0.25) is 0 Å². The van der Waals surface area contributed by atoms with Gasteiger partial charge in [0, 0.05) is 47.3 Å². The monoisotopic (exact) mass is 495 g/mol. The summed E-state index contributed by atoms with van der Waals surface area (Å²) in [7, 11) is 0. The van der Waals surface area contributed by atoms with Crippen molar-refractivity contribution in [3.63, 3.8) is 0 Å². The number of carbonyl (C=O) groups is 2. The number of hydrogen-bond acceptors (Lipinski definition) is 7. The zero-order valence-corrected chi connectivity index (χ0v) is 20.3. The van der Waals surface area contributed by atoms with Crippen LogP contribution in [-0.4, -0.2) is 46.3 Å². The minimum atomic E-state index is -0.193. The molecule has 3 aromatic heterocycles. The molecule has 176 valence electrons. The molecule has 0 unspecified atom stereocenters. The summed E-state index contributed by atoms with van der Waals surface area (Å²) in [6.07, 6.45) is 5.93. The molecule has 0 saturated carbocycles. The van der Waals surface area contributed by atoms with Gasteiger partial charge in [-0.1, -0.05) is 6.92 Å². The first-order valence-electron chi connectivity index (χ1n) is 11.3. The van der Waals surface area contributed by atoms with Gasteiger partial charge in [-0.15, -0.1) is 22.7 Å². The van der Waals surface area contributed by atoms with Gasteiger partial charge in [-0.25, -0.2) is 4.98 Å². The van der Waals surface area contributed by atoms with Crippen LogP contribution in [0.4, 0.5) is 0 Å². The van der Waals surface area contributed by atoms with Crippen molar-refractivity contribution in [3.05, 3.63) is 57.5 Å². The summed E-state index contributed by atoms with van der Waals surface area (Å²) in [5, 5.41) is 16.8. The molecule has 1 aromatic carbocycles. The molecule has 0 radical (unpaired) electrons. The average molecular weight is 496 g/mol. The maximum absolute atomic E-state index is 12.9. The van der Waals surface area contributed by atoms with Crippen molar-refractivity contribution in [1.82, 2.24) is 25.8 Å². The molecule has 0 spiro atoms. The lowest BCUT2D eigenvalue weighted by molar-refractivity contribution is 0.0698. The summed E-state index contributed by atoms with van der Waals surface area (Å²) in [6.45, 7) is 3.41. The fourth-order valence-electron chi connectivity index (χ4n) is 3.93. The number of rotatable bonds is 7. The molecule has 2 amide bonds. The number of thiophene rings is 1. The lowest BCUT2D eigenvalue weighted by Gasteiger charge is -2.22. The van der Waals surface area contributed by atoms with Crippen molar-refractivity contribution in [2.75, 3.05) is 13.2 Å². The Bertz CT molecular complexity index is 1300. The third-order valence-corrected chi connectivity index (χ3v) is 7.99. The molecule has 8 nitrogen and oxygen atoms in total. The summed E-state index contributed by atoms with van der Waals surface area (Å²) in [5.41, 5.74) is 2.45. The number of benzene rings is 1. The number of nitrogens with one attached hydrogen (secondary N) is 3. The maximum Gasteiger partial charge on any atom is 0.261 e. The van der Waals surface area contributed by atoms with Crippen molar-refractivity contribution in [1.29, 1.82) is 0 Å². The number of fused-ring (bicyclic) bond motifs is 1. The molecule has 1 aliphatic heterocycles. The molecule has 1 aliphatic rings. The first-order valence-corrected chi connectivity index (χ1v) is 13.0. The molecule has 1 saturated heterocycles. The Labute approximate surface area is 204 Å². The highest BCUT2D eigenvalue weighted by atomic mass is 32.1. The smallest absolute Gasteiger partial charge is 0.261 e. The summed E-state index contributed by atoms with van der Waals surface area (Å²) >= 11 is 2.97.